The van der Waals surface area contributed by atoms with Crippen molar-refractivity contribution < 1.29 is 0 Å². The molecule has 1 saturated carbocycles. The molecule has 1 aliphatic carbocycles. The van der Waals surface area contributed by atoms with Gasteiger partial charge in [-0.15, -0.1) is 0 Å². The molecule has 1 N–H and O–H groups in total. The highest BCUT2D eigenvalue weighted by atomic mass is 15.2. The first kappa shape index (κ1) is 14.2. The molecule has 1 aromatic heterocycles. The molecule has 1 aromatic carbocycles. The Kier molecular flexibility index (Phi) is 4.00. The van der Waals surface area contributed by atoms with E-state index in [1.807, 2.05) is 0 Å². The molecule has 0 unspecified atom stereocenters. The third-order valence-electron chi connectivity index (χ3n) is 4.38. The van der Waals surface area contributed by atoms with Gasteiger partial charge in [-0.1, -0.05) is 37.0 Å². The molecule has 0 saturated heterocycles. The molecule has 0 bridgehead atoms. The van der Waals surface area contributed by atoms with Crippen molar-refractivity contribution in [3.05, 3.63) is 41.2 Å². The van der Waals surface area contributed by atoms with Gasteiger partial charge in [-0.05, 0) is 45.2 Å². The van der Waals surface area contributed by atoms with Gasteiger partial charge in [-0.3, -0.25) is 4.57 Å². The zero-order chi connectivity index (χ0) is 14.8. The molecule has 1 aliphatic rings. The molecule has 112 valence electrons. The largest absolute Gasteiger partial charge is 0.353 e. The summed E-state index contributed by atoms with van der Waals surface area (Å²) in [5, 5.41) is 3.66. The van der Waals surface area contributed by atoms with E-state index in [1.54, 1.807) is 0 Å². The number of hydrogen-bond donors (Lipinski definition) is 1. The predicted octanol–water partition coefficient (Wildman–Crippen LogP) is 4.54. The average Bonchev–Trinajstić information content (AvgIpc) is 2.80. The monoisotopic (exact) mass is 283 g/mol. The zero-order valence-electron chi connectivity index (χ0n) is 13.3. The summed E-state index contributed by atoms with van der Waals surface area (Å²) in [6, 6.07) is 7.17. The van der Waals surface area contributed by atoms with Crippen LogP contribution in [0.5, 0.6) is 0 Å². The minimum Gasteiger partial charge on any atom is -0.353 e. The van der Waals surface area contributed by atoms with Gasteiger partial charge in [0.2, 0.25) is 5.95 Å². The molecule has 3 rings (SSSR count). The quantitative estimate of drug-likeness (QED) is 0.896. The molecule has 1 heterocycles. The van der Waals surface area contributed by atoms with Crippen LogP contribution in [0.15, 0.2) is 24.4 Å². The van der Waals surface area contributed by atoms with E-state index in [2.05, 4.69) is 55.1 Å². The number of aryl methyl sites for hydroxylation is 3. The van der Waals surface area contributed by atoms with E-state index in [1.165, 1.54) is 48.9 Å². The third-order valence-corrected chi connectivity index (χ3v) is 4.38. The van der Waals surface area contributed by atoms with Crippen LogP contribution in [0.25, 0.3) is 5.69 Å². The molecule has 0 spiro atoms. The van der Waals surface area contributed by atoms with Gasteiger partial charge in [0.1, 0.15) is 0 Å². The average molecular weight is 283 g/mol. The summed E-state index contributed by atoms with van der Waals surface area (Å²) >= 11 is 0. The van der Waals surface area contributed by atoms with Crippen LogP contribution in [0.1, 0.15) is 48.9 Å². The number of anilines is 1. The molecule has 3 nitrogen and oxygen atoms in total. The van der Waals surface area contributed by atoms with Crippen LogP contribution in [-0.2, 0) is 0 Å². The summed E-state index contributed by atoms with van der Waals surface area (Å²) in [5.74, 6) is 0.992. The van der Waals surface area contributed by atoms with Gasteiger partial charge in [0.25, 0.3) is 0 Å². The van der Waals surface area contributed by atoms with Crippen LogP contribution in [-0.4, -0.2) is 15.6 Å². The molecule has 1 fully saturated rings. The lowest BCUT2D eigenvalue weighted by molar-refractivity contribution is 0.460. The number of imidazole rings is 1. The Morgan fingerprint density at radius 3 is 2.57 bits per heavy atom. The molecule has 21 heavy (non-hydrogen) atoms. The van der Waals surface area contributed by atoms with E-state index in [9.17, 15) is 0 Å². The number of nitrogens with one attached hydrogen (secondary N) is 1. The lowest BCUT2D eigenvalue weighted by Crippen LogP contribution is -2.24. The summed E-state index contributed by atoms with van der Waals surface area (Å²) in [6.07, 6.45) is 8.70. The number of benzene rings is 1. The Bertz CT molecular complexity index is 621. The van der Waals surface area contributed by atoms with Gasteiger partial charge >= 0.3 is 0 Å². The summed E-state index contributed by atoms with van der Waals surface area (Å²) in [4.78, 5) is 4.70. The Morgan fingerprint density at radius 1 is 1.10 bits per heavy atom. The highest BCUT2D eigenvalue weighted by molar-refractivity contribution is 5.49. The second-order valence-electron chi connectivity index (χ2n) is 6.35. The maximum absolute atomic E-state index is 4.70. The van der Waals surface area contributed by atoms with Crippen molar-refractivity contribution in [2.45, 2.75) is 58.9 Å². The van der Waals surface area contributed by atoms with Gasteiger partial charge in [0.15, 0.2) is 0 Å². The first-order chi connectivity index (χ1) is 10.1. The maximum Gasteiger partial charge on any atom is 0.207 e. The van der Waals surface area contributed by atoms with Gasteiger partial charge in [-0.2, -0.15) is 0 Å². The van der Waals surface area contributed by atoms with E-state index >= 15 is 0 Å². The Morgan fingerprint density at radius 2 is 1.86 bits per heavy atom. The number of nitrogens with zero attached hydrogens (tertiary/aromatic N) is 2. The lowest BCUT2D eigenvalue weighted by Gasteiger charge is -2.24. The molecule has 2 aromatic rings. The van der Waals surface area contributed by atoms with Crippen LogP contribution >= 0.6 is 0 Å². The topological polar surface area (TPSA) is 29.9 Å². The van der Waals surface area contributed by atoms with Crippen molar-refractivity contribution in [1.29, 1.82) is 0 Å². The summed E-state index contributed by atoms with van der Waals surface area (Å²) in [6.45, 7) is 6.37. The standard InChI is InChI=1S/C18H25N3/c1-13-9-10-17(14(2)11-13)21-12-15(3)19-18(21)20-16-7-5-4-6-8-16/h9-12,16H,4-8H2,1-3H3,(H,19,20). The molecule has 0 amide bonds. The number of aromatic nitrogens is 2. The summed E-state index contributed by atoms with van der Waals surface area (Å²) < 4.78 is 2.21. The van der Waals surface area contributed by atoms with E-state index in [4.69, 9.17) is 4.98 Å². The van der Waals surface area contributed by atoms with Crippen molar-refractivity contribution in [2.75, 3.05) is 5.32 Å². The molecular formula is C18H25N3. The van der Waals surface area contributed by atoms with Crippen molar-refractivity contribution >= 4 is 5.95 Å². The van der Waals surface area contributed by atoms with Crippen LogP contribution in [0, 0.1) is 20.8 Å². The lowest BCUT2D eigenvalue weighted by atomic mass is 9.96. The minimum absolute atomic E-state index is 0.574. The second kappa shape index (κ2) is 5.92. The highest BCUT2D eigenvalue weighted by Gasteiger charge is 2.17. The Balaban J connectivity index is 1.91. The number of hydrogen-bond acceptors (Lipinski definition) is 2. The first-order valence-corrected chi connectivity index (χ1v) is 8.03. The maximum atomic E-state index is 4.70. The van der Waals surface area contributed by atoms with Gasteiger partial charge in [0.05, 0.1) is 11.4 Å². The van der Waals surface area contributed by atoms with Gasteiger partial charge in [0, 0.05) is 12.2 Å². The van der Waals surface area contributed by atoms with Crippen LogP contribution in [0.4, 0.5) is 5.95 Å². The normalized spacial score (nSPS) is 16.1. The molecular weight excluding hydrogens is 258 g/mol. The van der Waals surface area contributed by atoms with Crippen molar-refractivity contribution in [1.82, 2.24) is 9.55 Å². The fraction of sp³-hybridized carbons (Fsp3) is 0.500. The van der Waals surface area contributed by atoms with Crippen LogP contribution in [0.2, 0.25) is 0 Å². The Hall–Kier alpha value is -1.77. The third kappa shape index (κ3) is 3.12. The molecule has 3 heteroatoms. The minimum atomic E-state index is 0.574. The summed E-state index contributed by atoms with van der Waals surface area (Å²) in [5.41, 5.74) is 4.88. The fourth-order valence-electron chi connectivity index (χ4n) is 3.29. The first-order valence-electron chi connectivity index (χ1n) is 8.03. The van der Waals surface area contributed by atoms with E-state index < -0.39 is 0 Å². The highest BCUT2D eigenvalue weighted by Crippen LogP contribution is 2.25. The van der Waals surface area contributed by atoms with Gasteiger partial charge < -0.3 is 5.32 Å². The van der Waals surface area contributed by atoms with Crippen molar-refractivity contribution in [3.63, 3.8) is 0 Å². The molecule has 0 atom stereocenters. The van der Waals surface area contributed by atoms with E-state index in [0.717, 1.165) is 11.6 Å². The van der Waals surface area contributed by atoms with E-state index in [-0.39, 0.29) is 0 Å². The SMILES string of the molecule is Cc1ccc(-n2cc(C)nc2NC2CCCCC2)c(C)c1. The van der Waals surface area contributed by atoms with Crippen LogP contribution in [0.3, 0.4) is 0 Å². The van der Waals surface area contributed by atoms with E-state index in [0.29, 0.717) is 6.04 Å². The van der Waals surface area contributed by atoms with Crippen LogP contribution < -0.4 is 5.32 Å². The molecule has 0 radical (unpaired) electrons. The Labute approximate surface area is 127 Å². The summed E-state index contributed by atoms with van der Waals surface area (Å²) in [7, 11) is 0. The van der Waals surface area contributed by atoms with Crippen molar-refractivity contribution in [3.8, 4) is 5.69 Å². The second-order valence-corrected chi connectivity index (χ2v) is 6.35. The smallest absolute Gasteiger partial charge is 0.207 e. The number of rotatable bonds is 3. The molecule has 0 aliphatic heterocycles. The zero-order valence-corrected chi connectivity index (χ0v) is 13.3. The van der Waals surface area contributed by atoms with Gasteiger partial charge in [-0.25, -0.2) is 4.98 Å². The van der Waals surface area contributed by atoms with Crippen molar-refractivity contribution in [2.24, 2.45) is 0 Å². The fourth-order valence-corrected chi connectivity index (χ4v) is 3.29. The predicted molar refractivity (Wildman–Crippen MR) is 88.3 cm³/mol.